The monoisotopic (exact) mass is 680 g/mol. The van der Waals surface area contributed by atoms with Crippen molar-refractivity contribution in [2.75, 3.05) is 65.4 Å². The van der Waals surface area contributed by atoms with Crippen LogP contribution in [0.2, 0.25) is 0 Å². The summed E-state index contributed by atoms with van der Waals surface area (Å²) in [6.07, 6.45) is 4.71. The quantitative estimate of drug-likeness (QED) is 0.0217. The molecule has 0 aliphatic rings. The van der Waals surface area contributed by atoms with Crippen LogP contribution in [-0.2, 0) is 19.2 Å². The first-order valence-electron chi connectivity index (χ1n) is 16.6. The van der Waals surface area contributed by atoms with Crippen molar-refractivity contribution < 1.29 is 19.2 Å². The van der Waals surface area contributed by atoms with Gasteiger partial charge in [0.1, 0.15) is 11.6 Å². The Morgan fingerprint density at radius 1 is 0.479 bits per heavy atom. The maximum absolute atomic E-state index is 12.6. The highest BCUT2D eigenvalue weighted by molar-refractivity contribution is 5.80. The highest BCUT2D eigenvalue weighted by Crippen LogP contribution is 2.05. The lowest BCUT2D eigenvalue weighted by Gasteiger charge is -2.27. The van der Waals surface area contributed by atoms with E-state index in [4.69, 9.17) is 45.2 Å². The number of rotatable bonds is 31. The highest BCUT2D eigenvalue weighted by Gasteiger charge is 2.16. The van der Waals surface area contributed by atoms with Gasteiger partial charge in [-0.15, -0.1) is 0 Å². The van der Waals surface area contributed by atoms with Crippen LogP contribution in [0.5, 0.6) is 0 Å². The van der Waals surface area contributed by atoms with E-state index in [2.05, 4.69) is 25.5 Å². The molecule has 0 aromatic carbocycles. The molecule has 0 heterocycles. The number of ketones is 2. The molecular formula is C30H60N14O4. The van der Waals surface area contributed by atoms with E-state index in [-0.39, 0.29) is 59.8 Å². The van der Waals surface area contributed by atoms with E-state index < -0.39 is 0 Å². The molecule has 0 bridgehead atoms. The summed E-state index contributed by atoms with van der Waals surface area (Å²) < 4.78 is 0. The van der Waals surface area contributed by atoms with E-state index in [1.807, 2.05) is 4.90 Å². The van der Waals surface area contributed by atoms with Gasteiger partial charge in [0.2, 0.25) is 11.8 Å². The first-order chi connectivity index (χ1) is 22.8. The van der Waals surface area contributed by atoms with Crippen LogP contribution in [0.1, 0.15) is 77.0 Å². The van der Waals surface area contributed by atoms with Crippen molar-refractivity contribution in [2.24, 2.45) is 44.4 Å². The number of nitrogens with zero attached hydrogens (tertiary/aromatic N) is 4. The van der Waals surface area contributed by atoms with Gasteiger partial charge in [-0.25, -0.2) is 0 Å². The van der Waals surface area contributed by atoms with Crippen LogP contribution >= 0.6 is 0 Å². The average molecular weight is 681 g/mol. The second-order valence-electron chi connectivity index (χ2n) is 11.5. The Morgan fingerprint density at radius 2 is 0.833 bits per heavy atom. The maximum atomic E-state index is 12.6. The molecule has 0 aliphatic heterocycles. The highest BCUT2D eigenvalue weighted by atomic mass is 16.2. The van der Waals surface area contributed by atoms with Crippen LogP contribution in [0.4, 0.5) is 0 Å². The largest absolute Gasteiger partial charge is 0.388 e. The van der Waals surface area contributed by atoms with Crippen molar-refractivity contribution in [3.8, 4) is 0 Å². The molecule has 0 atom stereocenters. The second kappa shape index (κ2) is 27.8. The van der Waals surface area contributed by atoms with Crippen LogP contribution in [0.3, 0.4) is 0 Å². The minimum Gasteiger partial charge on any atom is -0.388 e. The number of amides is 2. The van der Waals surface area contributed by atoms with Crippen LogP contribution in [0.15, 0.2) is 9.98 Å². The van der Waals surface area contributed by atoms with Crippen molar-refractivity contribution in [3.05, 3.63) is 0 Å². The molecule has 0 saturated heterocycles. The molecule has 0 radical (unpaired) electrons. The average Bonchev–Trinajstić information content (AvgIpc) is 3.01. The molecule has 274 valence electrons. The molecule has 0 spiro atoms. The smallest absolute Gasteiger partial charge is 0.221 e. The fourth-order valence-electron chi connectivity index (χ4n) is 4.45. The Kier molecular flexibility index (Phi) is 25.3. The van der Waals surface area contributed by atoms with Crippen molar-refractivity contribution in [1.29, 1.82) is 10.8 Å². The number of guanidine groups is 2. The summed E-state index contributed by atoms with van der Waals surface area (Å²) in [7, 11) is 0. The second-order valence-corrected chi connectivity index (χ2v) is 11.5. The predicted molar refractivity (Wildman–Crippen MR) is 189 cm³/mol. The van der Waals surface area contributed by atoms with Crippen LogP contribution in [0, 0.1) is 10.8 Å². The zero-order chi connectivity index (χ0) is 36.2. The molecule has 0 rings (SSSR count). The Morgan fingerprint density at radius 3 is 1.17 bits per heavy atom. The van der Waals surface area contributed by atoms with Crippen molar-refractivity contribution in [3.63, 3.8) is 0 Å². The zero-order valence-electron chi connectivity index (χ0n) is 28.4. The fourth-order valence-corrected chi connectivity index (χ4v) is 4.45. The topological polar surface area (TPSA) is 327 Å². The third-order valence-electron chi connectivity index (χ3n) is 7.16. The number of amidine groups is 2. The van der Waals surface area contributed by atoms with Gasteiger partial charge in [0.15, 0.2) is 11.9 Å². The molecule has 0 aromatic rings. The normalized spacial score (nSPS) is 10.8. The Labute approximate surface area is 284 Å². The number of hydrogen-bond acceptors (Lipinski definition) is 10. The SMILES string of the molecule is N=C(N)CCCNC(=O)CCN(CCC(=O)NCCCC(=N)N)CCN(CCC(=O)CCCN=C(N)N)CCC(=O)CCCN=C(N)N. The third-order valence-corrected chi connectivity index (χ3v) is 7.16. The first-order valence-corrected chi connectivity index (χ1v) is 16.6. The summed E-state index contributed by atoms with van der Waals surface area (Å²) in [5.74, 6) is -0.0597. The van der Waals surface area contributed by atoms with Gasteiger partial charge in [0.05, 0.1) is 11.7 Å². The van der Waals surface area contributed by atoms with Gasteiger partial charge in [-0.2, -0.15) is 0 Å². The zero-order valence-corrected chi connectivity index (χ0v) is 28.4. The molecule has 0 unspecified atom stereocenters. The lowest BCUT2D eigenvalue weighted by Crippen LogP contribution is -2.40. The number of aliphatic imine (C=N–C) groups is 2. The summed E-state index contributed by atoms with van der Waals surface area (Å²) in [5, 5.41) is 20.3. The molecular weight excluding hydrogens is 620 g/mol. The summed E-state index contributed by atoms with van der Waals surface area (Å²) in [6, 6.07) is 0. The maximum Gasteiger partial charge on any atom is 0.221 e. The Balaban J connectivity index is 5.29. The molecule has 0 aromatic heterocycles. The van der Waals surface area contributed by atoms with Gasteiger partial charge in [0.25, 0.3) is 0 Å². The number of Topliss-reactive ketones (excluding diaryl/α,β-unsaturated/α-hetero) is 2. The number of nitrogens with two attached hydrogens (primary N) is 6. The third kappa shape index (κ3) is 29.1. The van der Waals surface area contributed by atoms with Gasteiger partial charge in [-0.05, 0) is 25.7 Å². The number of hydrogen-bond donors (Lipinski definition) is 10. The van der Waals surface area contributed by atoms with Crippen molar-refractivity contribution in [2.45, 2.75) is 77.0 Å². The minimum atomic E-state index is -0.147. The molecule has 48 heavy (non-hydrogen) atoms. The molecule has 0 fully saturated rings. The van der Waals surface area contributed by atoms with E-state index in [0.29, 0.717) is 130 Å². The lowest BCUT2D eigenvalue weighted by molar-refractivity contribution is -0.122. The van der Waals surface area contributed by atoms with Gasteiger partial charge in [-0.3, -0.25) is 40.0 Å². The van der Waals surface area contributed by atoms with Crippen molar-refractivity contribution >= 4 is 47.0 Å². The van der Waals surface area contributed by atoms with Crippen LogP contribution in [0.25, 0.3) is 0 Å². The van der Waals surface area contributed by atoms with E-state index in [0.717, 1.165) is 0 Å². The number of carbonyl (C=O) groups is 4. The van der Waals surface area contributed by atoms with E-state index >= 15 is 0 Å². The van der Waals surface area contributed by atoms with E-state index in [1.54, 1.807) is 0 Å². The summed E-state index contributed by atoms with van der Waals surface area (Å²) in [5.41, 5.74) is 32.1. The summed E-state index contributed by atoms with van der Waals surface area (Å²) >= 11 is 0. The molecule has 2 amide bonds. The van der Waals surface area contributed by atoms with Gasteiger partial charge in [0, 0.05) is 117 Å². The molecule has 18 heteroatoms. The number of carbonyl (C=O) groups excluding carboxylic acids is 4. The minimum absolute atomic E-state index is 0.0166. The number of nitrogens with one attached hydrogen (secondary N) is 4. The molecule has 0 saturated carbocycles. The summed E-state index contributed by atoms with van der Waals surface area (Å²) in [4.78, 5) is 62.0. The van der Waals surface area contributed by atoms with E-state index in [1.165, 1.54) is 0 Å². The first kappa shape index (κ1) is 43.7. The van der Waals surface area contributed by atoms with Gasteiger partial charge < -0.3 is 54.8 Å². The molecule has 18 nitrogen and oxygen atoms in total. The van der Waals surface area contributed by atoms with E-state index in [9.17, 15) is 19.2 Å². The van der Waals surface area contributed by atoms with Gasteiger partial charge >= 0.3 is 0 Å². The standard InChI is InChI=1S/C30H60N14O4/c31-25(32)7-3-13-39-27(47)11-19-44(20-12-28(48)40-14-4-8-26(33)34)22-21-43(17-9-23(45)5-1-15-41-29(35)36)18-10-24(46)6-2-16-42-30(37)38/h1-22H2,(H3,31,32)(H3,33,34)(H,39,47)(H,40,48)(H4,35,36,41)(H4,37,38,42). The van der Waals surface area contributed by atoms with Crippen LogP contribution < -0.4 is 45.0 Å². The Hall–Kier alpha value is -4.32. The fraction of sp³-hybridized carbons (Fsp3) is 0.733. The van der Waals surface area contributed by atoms with Crippen LogP contribution in [-0.4, -0.2) is 122 Å². The van der Waals surface area contributed by atoms with Gasteiger partial charge in [-0.1, -0.05) is 0 Å². The van der Waals surface area contributed by atoms with Crippen molar-refractivity contribution in [1.82, 2.24) is 20.4 Å². The molecule has 0 aliphatic carbocycles. The molecule has 16 N–H and O–H groups in total. The Bertz CT molecular complexity index is 980. The summed E-state index contributed by atoms with van der Waals surface area (Å²) in [6.45, 7) is 4.28. The predicted octanol–water partition coefficient (Wildman–Crippen LogP) is -1.94. The lowest BCUT2D eigenvalue weighted by atomic mass is 10.1.